The van der Waals surface area contributed by atoms with E-state index >= 15 is 0 Å². The number of non-ortho nitro benzene ring substituents is 1. The van der Waals surface area contributed by atoms with Crippen molar-refractivity contribution >= 4 is 5.69 Å². The van der Waals surface area contributed by atoms with Crippen LogP contribution in [0, 0.1) is 27.3 Å². The van der Waals surface area contributed by atoms with Crippen LogP contribution in [0.15, 0.2) is 42.5 Å². The highest BCUT2D eigenvalue weighted by Gasteiger charge is 2.05. The molecule has 2 aromatic carbocycles. The second-order valence-electron chi connectivity index (χ2n) is 4.00. The lowest BCUT2D eigenvalue weighted by Gasteiger charge is -2.06. The Morgan fingerprint density at radius 3 is 2.55 bits per heavy atom. The Balaban J connectivity index is 2.07. The first kappa shape index (κ1) is 13.5. The molecule has 0 atom stereocenters. The van der Waals surface area contributed by atoms with E-state index < -0.39 is 10.7 Å². The molecule has 0 saturated carbocycles. The third kappa shape index (κ3) is 3.29. The van der Waals surface area contributed by atoms with Gasteiger partial charge >= 0.3 is 0 Å². The van der Waals surface area contributed by atoms with Crippen LogP contribution in [0.1, 0.15) is 11.1 Å². The molecule has 5 nitrogen and oxygen atoms in total. The van der Waals surface area contributed by atoms with Gasteiger partial charge in [-0.05, 0) is 35.9 Å². The molecular weight excluding hydrogens is 263 g/mol. The summed E-state index contributed by atoms with van der Waals surface area (Å²) in [5.74, 6) is -0.0790. The van der Waals surface area contributed by atoms with Crippen LogP contribution in [0.25, 0.3) is 0 Å². The van der Waals surface area contributed by atoms with Gasteiger partial charge in [-0.25, -0.2) is 4.39 Å². The summed E-state index contributed by atoms with van der Waals surface area (Å²) < 4.78 is 18.6. The van der Waals surface area contributed by atoms with Gasteiger partial charge in [0.1, 0.15) is 18.2 Å². The van der Waals surface area contributed by atoms with Gasteiger partial charge in [-0.15, -0.1) is 0 Å². The molecule has 0 bridgehead atoms. The highest BCUT2D eigenvalue weighted by atomic mass is 19.1. The van der Waals surface area contributed by atoms with Gasteiger partial charge in [0.15, 0.2) is 0 Å². The van der Waals surface area contributed by atoms with Crippen molar-refractivity contribution in [2.75, 3.05) is 0 Å². The fourth-order valence-electron chi connectivity index (χ4n) is 1.63. The average molecular weight is 272 g/mol. The van der Waals surface area contributed by atoms with E-state index in [1.54, 1.807) is 0 Å². The summed E-state index contributed by atoms with van der Waals surface area (Å²) in [6.07, 6.45) is 0. The zero-order valence-electron chi connectivity index (χ0n) is 10.2. The number of hydrogen-bond acceptors (Lipinski definition) is 4. The lowest BCUT2D eigenvalue weighted by Crippen LogP contribution is -1.97. The predicted octanol–water partition coefficient (Wildman–Crippen LogP) is 3.18. The summed E-state index contributed by atoms with van der Waals surface area (Å²) >= 11 is 0. The van der Waals surface area contributed by atoms with Crippen LogP contribution >= 0.6 is 0 Å². The highest BCUT2D eigenvalue weighted by molar-refractivity contribution is 5.37. The first-order chi connectivity index (χ1) is 9.58. The largest absolute Gasteiger partial charge is 0.489 e. The van der Waals surface area contributed by atoms with Crippen molar-refractivity contribution in [3.63, 3.8) is 0 Å². The molecule has 0 saturated heterocycles. The van der Waals surface area contributed by atoms with Crippen molar-refractivity contribution < 1.29 is 14.1 Å². The number of nitriles is 1. The molecule has 0 aliphatic heterocycles. The predicted molar refractivity (Wildman–Crippen MR) is 68.5 cm³/mol. The molecule has 0 aliphatic carbocycles. The van der Waals surface area contributed by atoms with Crippen molar-refractivity contribution in [1.82, 2.24) is 0 Å². The quantitative estimate of drug-likeness (QED) is 0.632. The van der Waals surface area contributed by atoms with E-state index in [4.69, 9.17) is 10.00 Å². The molecule has 0 heterocycles. The molecule has 0 unspecified atom stereocenters. The fraction of sp³-hybridized carbons (Fsp3) is 0.0714. The maximum atomic E-state index is 13.2. The van der Waals surface area contributed by atoms with Gasteiger partial charge in [0, 0.05) is 12.1 Å². The van der Waals surface area contributed by atoms with E-state index in [-0.39, 0.29) is 17.9 Å². The molecular formula is C14H9FN2O3. The van der Waals surface area contributed by atoms with Crippen molar-refractivity contribution in [1.29, 1.82) is 5.26 Å². The van der Waals surface area contributed by atoms with Crippen LogP contribution in [0.4, 0.5) is 10.1 Å². The molecule has 0 spiro atoms. The van der Waals surface area contributed by atoms with E-state index in [2.05, 4.69) is 0 Å². The number of nitro groups is 1. The number of halogens is 1. The van der Waals surface area contributed by atoms with Gasteiger partial charge in [-0.3, -0.25) is 10.1 Å². The molecule has 0 fully saturated rings. The normalized spacial score (nSPS) is 9.80. The fourth-order valence-corrected chi connectivity index (χ4v) is 1.63. The van der Waals surface area contributed by atoms with Crippen molar-refractivity contribution in [3.05, 3.63) is 69.5 Å². The Kier molecular flexibility index (Phi) is 3.91. The third-order valence-corrected chi connectivity index (χ3v) is 2.54. The standard InChI is InChI=1S/C14H9FN2O3/c15-12-6-10(8-16)5-11(7-12)9-20-14-3-1-13(2-4-14)17(18)19/h1-7H,9H2. The highest BCUT2D eigenvalue weighted by Crippen LogP contribution is 2.19. The van der Waals surface area contributed by atoms with E-state index in [1.807, 2.05) is 6.07 Å². The first-order valence-corrected chi connectivity index (χ1v) is 5.65. The lowest BCUT2D eigenvalue weighted by atomic mass is 10.1. The molecule has 0 radical (unpaired) electrons. The summed E-state index contributed by atoms with van der Waals surface area (Å²) in [5.41, 5.74) is 0.696. The number of nitro benzene ring substituents is 1. The zero-order chi connectivity index (χ0) is 14.5. The number of ether oxygens (including phenoxy) is 1. The minimum absolute atomic E-state index is 0.0325. The summed E-state index contributed by atoms with van der Waals surface area (Å²) in [5, 5.41) is 19.2. The van der Waals surface area contributed by atoms with E-state index in [9.17, 15) is 14.5 Å². The van der Waals surface area contributed by atoms with Crippen LogP contribution in [0.2, 0.25) is 0 Å². The summed E-state index contributed by atoms with van der Waals surface area (Å²) in [6, 6.07) is 11.3. The minimum Gasteiger partial charge on any atom is -0.489 e. The SMILES string of the molecule is N#Cc1cc(F)cc(COc2ccc([N+](=O)[O-])cc2)c1. The van der Waals surface area contributed by atoms with Gasteiger partial charge in [0.25, 0.3) is 5.69 Å². The molecule has 2 rings (SSSR count). The Morgan fingerprint density at radius 2 is 1.95 bits per heavy atom. The molecule has 100 valence electrons. The third-order valence-electron chi connectivity index (χ3n) is 2.54. The van der Waals surface area contributed by atoms with Crippen LogP contribution in [-0.4, -0.2) is 4.92 Å². The van der Waals surface area contributed by atoms with Crippen molar-refractivity contribution in [2.24, 2.45) is 0 Å². The summed E-state index contributed by atoms with van der Waals surface area (Å²) in [6.45, 7) is 0.0737. The molecule has 2 aromatic rings. The number of benzene rings is 2. The summed E-state index contributed by atoms with van der Waals surface area (Å²) in [7, 11) is 0. The smallest absolute Gasteiger partial charge is 0.269 e. The molecule has 0 N–H and O–H groups in total. The molecule has 0 aliphatic rings. The topological polar surface area (TPSA) is 76.2 Å². The van der Waals surface area contributed by atoms with Crippen LogP contribution in [-0.2, 0) is 6.61 Å². The van der Waals surface area contributed by atoms with Gasteiger partial charge < -0.3 is 4.74 Å². The van der Waals surface area contributed by atoms with Crippen molar-refractivity contribution in [2.45, 2.75) is 6.61 Å². The van der Waals surface area contributed by atoms with Crippen LogP contribution in [0.5, 0.6) is 5.75 Å². The molecule has 6 heteroatoms. The zero-order valence-corrected chi connectivity index (χ0v) is 10.2. The van der Waals surface area contributed by atoms with Crippen molar-refractivity contribution in [3.8, 4) is 11.8 Å². The van der Waals surface area contributed by atoms with E-state index in [0.717, 1.165) is 6.07 Å². The monoisotopic (exact) mass is 272 g/mol. The second kappa shape index (κ2) is 5.80. The molecule has 0 aromatic heterocycles. The van der Waals surface area contributed by atoms with Crippen LogP contribution in [0.3, 0.4) is 0 Å². The van der Waals surface area contributed by atoms with E-state index in [1.165, 1.54) is 36.4 Å². The Bertz CT molecular complexity index is 678. The number of hydrogen-bond donors (Lipinski definition) is 0. The molecule has 0 amide bonds. The summed E-state index contributed by atoms with van der Waals surface area (Å²) in [4.78, 5) is 9.99. The van der Waals surface area contributed by atoms with Gasteiger partial charge in [-0.1, -0.05) is 0 Å². The lowest BCUT2D eigenvalue weighted by molar-refractivity contribution is -0.384. The van der Waals surface area contributed by atoms with Gasteiger partial charge in [-0.2, -0.15) is 5.26 Å². The first-order valence-electron chi connectivity index (χ1n) is 5.65. The Morgan fingerprint density at radius 1 is 1.25 bits per heavy atom. The Labute approximate surface area is 114 Å². The Hall–Kier alpha value is -2.94. The molecule has 20 heavy (non-hydrogen) atoms. The second-order valence-corrected chi connectivity index (χ2v) is 4.00. The number of nitrogens with zero attached hydrogens (tertiary/aromatic N) is 2. The van der Waals surface area contributed by atoms with Crippen LogP contribution < -0.4 is 4.74 Å². The van der Waals surface area contributed by atoms with E-state index in [0.29, 0.717) is 11.3 Å². The minimum atomic E-state index is -0.508. The van der Waals surface area contributed by atoms with Gasteiger partial charge in [0.05, 0.1) is 16.6 Å². The maximum Gasteiger partial charge on any atom is 0.269 e. The maximum absolute atomic E-state index is 13.2. The average Bonchev–Trinajstić information content (AvgIpc) is 2.45. The van der Waals surface area contributed by atoms with Gasteiger partial charge in [0.2, 0.25) is 0 Å². The number of rotatable bonds is 4.